The van der Waals surface area contributed by atoms with Crippen LogP contribution in [0.3, 0.4) is 0 Å². The molecule has 0 aliphatic carbocycles. The number of aliphatic carboxylic acids is 1. The summed E-state index contributed by atoms with van der Waals surface area (Å²) in [6.07, 6.45) is -0.0619. The number of carbonyl (C=O) groups is 1. The first kappa shape index (κ1) is 14.4. The quantitative estimate of drug-likeness (QED) is 0.847. The van der Waals surface area contributed by atoms with E-state index in [0.29, 0.717) is 10.6 Å². The summed E-state index contributed by atoms with van der Waals surface area (Å²) >= 11 is 10.9. The molecule has 0 bridgehead atoms. The molecule has 0 aliphatic heterocycles. The summed E-state index contributed by atoms with van der Waals surface area (Å²) < 4.78 is 1.03. The van der Waals surface area contributed by atoms with Crippen molar-refractivity contribution in [3.05, 3.63) is 57.5 Å². The highest BCUT2D eigenvalue weighted by Crippen LogP contribution is 2.31. The zero-order valence-corrected chi connectivity index (χ0v) is 12.9. The largest absolute Gasteiger partial charge is 0.481 e. The van der Waals surface area contributed by atoms with Crippen LogP contribution < -0.4 is 0 Å². The Kier molecular flexibility index (Phi) is 4.91. The van der Waals surface area contributed by atoms with Crippen LogP contribution in [0.4, 0.5) is 0 Å². The van der Waals surface area contributed by atoms with Gasteiger partial charge < -0.3 is 5.11 Å². The Morgan fingerprint density at radius 2 is 1.79 bits per heavy atom. The van der Waals surface area contributed by atoms with Gasteiger partial charge in [0.05, 0.1) is 6.42 Å². The van der Waals surface area contributed by atoms with Crippen LogP contribution in [0.25, 0.3) is 0 Å². The summed E-state index contributed by atoms with van der Waals surface area (Å²) in [4.78, 5) is 12.8. The van der Waals surface area contributed by atoms with Gasteiger partial charge in [0, 0.05) is 19.3 Å². The average Bonchev–Trinajstić information content (AvgIpc) is 2.36. The second-order valence-electron chi connectivity index (χ2n) is 3.88. The molecular weight excluding hydrogens is 348 g/mol. The van der Waals surface area contributed by atoms with Gasteiger partial charge in [-0.25, -0.2) is 0 Å². The smallest absolute Gasteiger partial charge is 0.307 e. The maximum atomic E-state index is 10.8. The van der Waals surface area contributed by atoms with E-state index in [9.17, 15) is 4.79 Å². The Hall–Kier alpha value is -0.970. The number of hydrogen-bond acceptors (Lipinski definition) is 2. The number of carboxylic acid groups (broad SMARTS) is 1. The number of carboxylic acids is 1. The summed E-state index contributed by atoms with van der Waals surface area (Å²) in [5.74, 6) is -0.882. The van der Waals surface area contributed by atoms with Crippen molar-refractivity contribution in [2.75, 3.05) is 0 Å². The molecule has 2 rings (SSSR count). The van der Waals surface area contributed by atoms with E-state index >= 15 is 0 Å². The minimum absolute atomic E-state index is 0.0619. The van der Waals surface area contributed by atoms with Gasteiger partial charge in [0.2, 0.25) is 0 Å². The number of hydrogen-bond donors (Lipinski definition) is 1. The Labute approximate surface area is 128 Å². The predicted molar refractivity (Wildman–Crippen MR) is 81.1 cm³/mol. The summed E-state index contributed by atoms with van der Waals surface area (Å²) in [5.41, 5.74) is 0.635. The van der Waals surface area contributed by atoms with Crippen molar-refractivity contribution in [3.63, 3.8) is 0 Å². The highest BCUT2D eigenvalue weighted by atomic mass is 79.9. The molecule has 2 aromatic rings. The first-order valence-electron chi connectivity index (χ1n) is 5.48. The lowest BCUT2D eigenvalue weighted by atomic mass is 10.1. The van der Waals surface area contributed by atoms with Crippen molar-refractivity contribution < 1.29 is 9.90 Å². The monoisotopic (exact) mass is 356 g/mol. The summed E-state index contributed by atoms with van der Waals surface area (Å²) in [5, 5.41) is 9.32. The lowest BCUT2D eigenvalue weighted by Gasteiger charge is -2.06. The van der Waals surface area contributed by atoms with Gasteiger partial charge in [-0.3, -0.25) is 4.79 Å². The molecule has 0 amide bonds. The zero-order valence-electron chi connectivity index (χ0n) is 9.77. The Bertz CT molecular complexity index is 599. The fraction of sp³-hybridized carbons (Fsp3) is 0.0714. The molecule has 0 heterocycles. The lowest BCUT2D eigenvalue weighted by Crippen LogP contribution is -2.00. The second-order valence-corrected chi connectivity index (χ2v) is 6.35. The molecule has 0 atom stereocenters. The van der Waals surface area contributed by atoms with Gasteiger partial charge in [0.15, 0.2) is 0 Å². The van der Waals surface area contributed by atoms with Crippen molar-refractivity contribution in [2.45, 2.75) is 16.2 Å². The van der Waals surface area contributed by atoms with E-state index < -0.39 is 5.97 Å². The SMILES string of the molecule is O=C(O)Cc1cc(Sc2ccc(Br)cc2)ccc1Cl. The topological polar surface area (TPSA) is 37.3 Å². The van der Waals surface area contributed by atoms with E-state index in [0.717, 1.165) is 14.3 Å². The third-order valence-corrected chi connectivity index (χ3v) is 4.30. The van der Waals surface area contributed by atoms with Crippen LogP contribution in [-0.4, -0.2) is 11.1 Å². The summed E-state index contributed by atoms with van der Waals surface area (Å²) in [6.45, 7) is 0. The second kappa shape index (κ2) is 6.46. The standard InChI is InChI=1S/C14H10BrClO2S/c15-10-1-3-11(4-2-10)19-12-5-6-13(16)9(7-12)8-14(17)18/h1-7H,8H2,(H,17,18). The third kappa shape index (κ3) is 4.27. The van der Waals surface area contributed by atoms with E-state index in [1.54, 1.807) is 17.8 Å². The molecular formula is C14H10BrClO2S. The molecule has 0 fully saturated rings. The molecule has 2 nitrogen and oxygen atoms in total. The molecule has 0 radical (unpaired) electrons. The van der Waals surface area contributed by atoms with E-state index in [4.69, 9.17) is 16.7 Å². The Morgan fingerprint density at radius 1 is 1.16 bits per heavy atom. The van der Waals surface area contributed by atoms with Crippen molar-refractivity contribution in [1.29, 1.82) is 0 Å². The van der Waals surface area contributed by atoms with Crippen LogP contribution in [0.15, 0.2) is 56.7 Å². The minimum Gasteiger partial charge on any atom is -0.481 e. The molecule has 5 heteroatoms. The number of benzene rings is 2. The maximum Gasteiger partial charge on any atom is 0.307 e. The highest BCUT2D eigenvalue weighted by Gasteiger charge is 2.07. The van der Waals surface area contributed by atoms with Crippen molar-refractivity contribution in [1.82, 2.24) is 0 Å². The van der Waals surface area contributed by atoms with E-state index in [1.807, 2.05) is 36.4 Å². The Morgan fingerprint density at radius 3 is 2.42 bits per heavy atom. The molecule has 0 unspecified atom stereocenters. The zero-order chi connectivity index (χ0) is 13.8. The molecule has 0 spiro atoms. The maximum absolute atomic E-state index is 10.8. The molecule has 0 saturated carbocycles. The predicted octanol–water partition coefficient (Wildman–Crippen LogP) is 4.88. The van der Waals surface area contributed by atoms with Gasteiger partial charge >= 0.3 is 5.97 Å². The van der Waals surface area contributed by atoms with E-state index in [1.165, 1.54) is 0 Å². The number of halogens is 2. The Balaban J connectivity index is 2.21. The van der Waals surface area contributed by atoms with Crippen LogP contribution in [0.2, 0.25) is 5.02 Å². The first-order valence-corrected chi connectivity index (χ1v) is 7.47. The molecule has 1 N–H and O–H groups in total. The van der Waals surface area contributed by atoms with Crippen LogP contribution in [-0.2, 0) is 11.2 Å². The molecule has 0 aliphatic rings. The molecule has 2 aromatic carbocycles. The molecule has 19 heavy (non-hydrogen) atoms. The average molecular weight is 358 g/mol. The number of rotatable bonds is 4. The summed E-state index contributed by atoms with van der Waals surface area (Å²) in [6, 6.07) is 13.4. The van der Waals surface area contributed by atoms with Gasteiger partial charge in [-0.1, -0.05) is 39.3 Å². The lowest BCUT2D eigenvalue weighted by molar-refractivity contribution is -0.136. The van der Waals surface area contributed by atoms with Gasteiger partial charge in [-0.15, -0.1) is 0 Å². The van der Waals surface area contributed by atoms with Gasteiger partial charge in [-0.2, -0.15) is 0 Å². The van der Waals surface area contributed by atoms with Crippen molar-refractivity contribution in [3.8, 4) is 0 Å². The fourth-order valence-electron chi connectivity index (χ4n) is 1.55. The van der Waals surface area contributed by atoms with Gasteiger partial charge in [0.25, 0.3) is 0 Å². The van der Waals surface area contributed by atoms with E-state index in [-0.39, 0.29) is 6.42 Å². The fourth-order valence-corrected chi connectivity index (χ4v) is 2.88. The third-order valence-electron chi connectivity index (χ3n) is 2.41. The highest BCUT2D eigenvalue weighted by molar-refractivity contribution is 9.10. The first-order chi connectivity index (χ1) is 9.04. The normalized spacial score (nSPS) is 10.4. The van der Waals surface area contributed by atoms with Crippen LogP contribution in [0, 0.1) is 0 Å². The van der Waals surface area contributed by atoms with Crippen LogP contribution in [0.1, 0.15) is 5.56 Å². The van der Waals surface area contributed by atoms with Crippen LogP contribution in [0.5, 0.6) is 0 Å². The van der Waals surface area contributed by atoms with Gasteiger partial charge in [-0.05, 0) is 48.0 Å². The molecule has 0 saturated heterocycles. The van der Waals surface area contributed by atoms with Crippen LogP contribution >= 0.6 is 39.3 Å². The summed E-state index contributed by atoms with van der Waals surface area (Å²) in [7, 11) is 0. The van der Waals surface area contributed by atoms with Crippen molar-refractivity contribution in [2.24, 2.45) is 0 Å². The van der Waals surface area contributed by atoms with Crippen molar-refractivity contribution >= 4 is 45.3 Å². The van der Waals surface area contributed by atoms with Gasteiger partial charge in [0.1, 0.15) is 0 Å². The molecule has 98 valence electrons. The molecule has 0 aromatic heterocycles. The minimum atomic E-state index is -0.882. The van der Waals surface area contributed by atoms with E-state index in [2.05, 4.69) is 15.9 Å².